The molecule has 5 nitrogen and oxygen atoms in total. The molecular formula is C15H27NO4. The van der Waals surface area contributed by atoms with Gasteiger partial charge in [0.25, 0.3) is 0 Å². The Morgan fingerprint density at radius 3 is 2.60 bits per heavy atom. The fourth-order valence-corrected chi connectivity index (χ4v) is 3.00. The highest BCUT2D eigenvalue weighted by Crippen LogP contribution is 2.36. The Morgan fingerprint density at radius 2 is 2.00 bits per heavy atom. The maximum Gasteiger partial charge on any atom is 0.246 e. The van der Waals surface area contributed by atoms with Crippen molar-refractivity contribution in [3.05, 3.63) is 0 Å². The molecule has 2 rings (SSSR count). The van der Waals surface area contributed by atoms with E-state index in [1.165, 1.54) is 0 Å². The van der Waals surface area contributed by atoms with E-state index in [1.54, 1.807) is 0 Å². The summed E-state index contributed by atoms with van der Waals surface area (Å²) in [4.78, 5) is 11.7. The van der Waals surface area contributed by atoms with Crippen molar-refractivity contribution < 1.29 is 19.0 Å². The molecule has 5 heteroatoms. The van der Waals surface area contributed by atoms with E-state index < -0.39 is 0 Å². The molecule has 1 unspecified atom stereocenters. The molecule has 0 aromatic heterocycles. The number of ether oxygens (including phenoxy) is 3. The third kappa shape index (κ3) is 4.43. The van der Waals surface area contributed by atoms with E-state index in [2.05, 4.69) is 12.2 Å². The van der Waals surface area contributed by atoms with Gasteiger partial charge in [0, 0.05) is 18.9 Å². The summed E-state index contributed by atoms with van der Waals surface area (Å²) in [6.07, 6.45) is 5.77. The average Bonchev–Trinajstić information content (AvgIpc) is 2.87. The molecule has 20 heavy (non-hydrogen) atoms. The van der Waals surface area contributed by atoms with Crippen molar-refractivity contribution in [3.63, 3.8) is 0 Å². The van der Waals surface area contributed by atoms with Crippen LogP contribution in [0.2, 0.25) is 0 Å². The summed E-state index contributed by atoms with van der Waals surface area (Å²) in [5.74, 6) is -0.364. The molecule has 1 amide bonds. The van der Waals surface area contributed by atoms with Gasteiger partial charge >= 0.3 is 0 Å². The second-order valence-electron chi connectivity index (χ2n) is 5.88. The molecular weight excluding hydrogens is 258 g/mol. The molecule has 2 fully saturated rings. The Hall–Kier alpha value is -0.650. The molecule has 1 N–H and O–H groups in total. The Labute approximate surface area is 121 Å². The highest BCUT2D eigenvalue weighted by atomic mass is 16.7. The number of amides is 1. The minimum Gasteiger partial charge on any atom is -0.368 e. The Balaban J connectivity index is 1.62. The largest absolute Gasteiger partial charge is 0.368 e. The second-order valence-corrected chi connectivity index (χ2v) is 5.88. The topological polar surface area (TPSA) is 56.8 Å². The fourth-order valence-electron chi connectivity index (χ4n) is 3.00. The lowest BCUT2D eigenvalue weighted by molar-refractivity contribution is -0.191. The van der Waals surface area contributed by atoms with E-state index in [1.807, 2.05) is 6.92 Å². The van der Waals surface area contributed by atoms with Gasteiger partial charge in [-0.3, -0.25) is 4.79 Å². The van der Waals surface area contributed by atoms with E-state index in [0.29, 0.717) is 13.2 Å². The number of carbonyl (C=O) groups is 1. The van der Waals surface area contributed by atoms with Crippen molar-refractivity contribution in [2.45, 2.75) is 70.3 Å². The van der Waals surface area contributed by atoms with Gasteiger partial charge in [-0.05, 0) is 26.2 Å². The molecule has 1 aliphatic carbocycles. The predicted octanol–water partition coefficient (Wildman–Crippen LogP) is 1.99. The number of rotatable bonds is 6. The van der Waals surface area contributed by atoms with Crippen molar-refractivity contribution in [1.82, 2.24) is 5.32 Å². The maximum atomic E-state index is 11.7. The smallest absolute Gasteiger partial charge is 0.246 e. The maximum absolute atomic E-state index is 11.7. The summed E-state index contributed by atoms with van der Waals surface area (Å²) in [5, 5.41) is 2.96. The summed E-state index contributed by atoms with van der Waals surface area (Å²) < 4.78 is 17.1. The first kappa shape index (κ1) is 15.7. The van der Waals surface area contributed by atoms with Gasteiger partial charge in [0.15, 0.2) is 5.79 Å². The highest BCUT2D eigenvalue weighted by Gasteiger charge is 2.40. The van der Waals surface area contributed by atoms with Crippen LogP contribution in [0.15, 0.2) is 0 Å². The highest BCUT2D eigenvalue weighted by molar-refractivity contribution is 5.77. The zero-order chi connectivity index (χ0) is 14.4. The van der Waals surface area contributed by atoms with Crippen LogP contribution in [0, 0.1) is 0 Å². The second kappa shape index (κ2) is 7.38. The zero-order valence-electron chi connectivity index (χ0n) is 12.7. The first-order valence-electron chi connectivity index (χ1n) is 7.82. The van der Waals surface area contributed by atoms with Crippen LogP contribution in [0.3, 0.4) is 0 Å². The van der Waals surface area contributed by atoms with Gasteiger partial charge in [0.05, 0.1) is 19.3 Å². The first-order valence-corrected chi connectivity index (χ1v) is 7.82. The SMILES string of the molecule is CCCC(C)NC(=O)COC1CCC2(CC1)OCCO2. The third-order valence-corrected chi connectivity index (χ3v) is 4.09. The van der Waals surface area contributed by atoms with Crippen LogP contribution in [-0.2, 0) is 19.0 Å². The van der Waals surface area contributed by atoms with Crippen molar-refractivity contribution in [3.8, 4) is 0 Å². The third-order valence-electron chi connectivity index (χ3n) is 4.09. The van der Waals surface area contributed by atoms with Crippen LogP contribution in [0.25, 0.3) is 0 Å². The molecule has 1 atom stereocenters. The molecule has 1 saturated carbocycles. The molecule has 1 aliphatic heterocycles. The molecule has 0 bridgehead atoms. The normalized spacial score (nSPS) is 23.9. The lowest BCUT2D eigenvalue weighted by Crippen LogP contribution is -2.40. The van der Waals surface area contributed by atoms with E-state index >= 15 is 0 Å². The number of nitrogens with one attached hydrogen (secondary N) is 1. The van der Waals surface area contributed by atoms with Gasteiger partial charge in [-0.15, -0.1) is 0 Å². The van der Waals surface area contributed by atoms with E-state index in [4.69, 9.17) is 14.2 Å². The van der Waals surface area contributed by atoms with Gasteiger partial charge in [0.2, 0.25) is 5.91 Å². The summed E-state index contributed by atoms with van der Waals surface area (Å²) in [5.41, 5.74) is 0. The summed E-state index contributed by atoms with van der Waals surface area (Å²) in [7, 11) is 0. The number of carbonyl (C=O) groups excluding carboxylic acids is 1. The minimum absolute atomic E-state index is 0.0143. The van der Waals surface area contributed by atoms with Crippen molar-refractivity contribution in [2.24, 2.45) is 0 Å². The van der Waals surface area contributed by atoms with Crippen LogP contribution < -0.4 is 5.32 Å². The van der Waals surface area contributed by atoms with Crippen molar-refractivity contribution in [1.29, 1.82) is 0 Å². The van der Waals surface area contributed by atoms with Gasteiger partial charge in [-0.25, -0.2) is 0 Å². The summed E-state index contributed by atoms with van der Waals surface area (Å²) >= 11 is 0. The van der Waals surface area contributed by atoms with Gasteiger partial charge in [0.1, 0.15) is 6.61 Å². The molecule has 1 saturated heterocycles. The lowest BCUT2D eigenvalue weighted by atomic mass is 9.92. The monoisotopic (exact) mass is 285 g/mol. The molecule has 1 spiro atoms. The standard InChI is InChI=1S/C15H27NO4/c1-3-4-12(2)16-14(17)11-18-13-5-7-15(8-6-13)19-9-10-20-15/h12-13H,3-11H2,1-2H3,(H,16,17). The van der Waals surface area contributed by atoms with E-state index in [0.717, 1.165) is 38.5 Å². The van der Waals surface area contributed by atoms with Crippen LogP contribution >= 0.6 is 0 Å². The Bertz CT molecular complexity index is 305. The van der Waals surface area contributed by atoms with E-state index in [-0.39, 0.29) is 30.4 Å². The van der Waals surface area contributed by atoms with Crippen LogP contribution in [0.4, 0.5) is 0 Å². The molecule has 116 valence electrons. The number of hydrogen-bond donors (Lipinski definition) is 1. The number of hydrogen-bond acceptors (Lipinski definition) is 4. The Kier molecular flexibility index (Phi) is 5.81. The van der Waals surface area contributed by atoms with E-state index in [9.17, 15) is 4.79 Å². The quantitative estimate of drug-likeness (QED) is 0.811. The van der Waals surface area contributed by atoms with Gasteiger partial charge in [-0.2, -0.15) is 0 Å². The summed E-state index contributed by atoms with van der Waals surface area (Å²) in [6.45, 7) is 5.70. The predicted molar refractivity (Wildman–Crippen MR) is 75.4 cm³/mol. The molecule has 0 radical (unpaired) electrons. The molecule has 2 aliphatic rings. The fraction of sp³-hybridized carbons (Fsp3) is 0.933. The van der Waals surface area contributed by atoms with Crippen molar-refractivity contribution >= 4 is 5.91 Å². The molecule has 0 aromatic carbocycles. The zero-order valence-corrected chi connectivity index (χ0v) is 12.7. The molecule has 1 heterocycles. The van der Waals surface area contributed by atoms with Crippen LogP contribution in [0.5, 0.6) is 0 Å². The average molecular weight is 285 g/mol. The molecule has 0 aromatic rings. The van der Waals surface area contributed by atoms with Crippen LogP contribution in [-0.4, -0.2) is 43.7 Å². The van der Waals surface area contributed by atoms with Gasteiger partial charge < -0.3 is 19.5 Å². The van der Waals surface area contributed by atoms with Crippen molar-refractivity contribution in [2.75, 3.05) is 19.8 Å². The minimum atomic E-state index is -0.349. The summed E-state index contributed by atoms with van der Waals surface area (Å²) in [6, 6.07) is 0.228. The Morgan fingerprint density at radius 1 is 1.35 bits per heavy atom. The van der Waals surface area contributed by atoms with Gasteiger partial charge in [-0.1, -0.05) is 13.3 Å². The lowest BCUT2D eigenvalue weighted by Gasteiger charge is -2.35. The van der Waals surface area contributed by atoms with Crippen LogP contribution in [0.1, 0.15) is 52.4 Å². The first-order chi connectivity index (χ1) is 9.63.